The zero-order valence-electron chi connectivity index (χ0n) is 12.4. The molecular weight excluding hydrogens is 264 g/mol. The molecule has 2 aromatic carbocycles. The number of para-hydroxylation sites is 1. The Hall–Kier alpha value is -2.29. The van der Waals surface area contributed by atoms with E-state index in [0.717, 1.165) is 24.0 Å². The van der Waals surface area contributed by atoms with Crippen LogP contribution >= 0.6 is 0 Å². The Labute approximate surface area is 125 Å². The van der Waals surface area contributed by atoms with Crippen LogP contribution in [0.15, 0.2) is 54.6 Å². The van der Waals surface area contributed by atoms with E-state index in [1.165, 1.54) is 0 Å². The van der Waals surface area contributed by atoms with Crippen molar-refractivity contribution in [3.8, 4) is 5.75 Å². The number of carbonyl (C=O) groups excluding carboxylic acids is 1. The van der Waals surface area contributed by atoms with E-state index >= 15 is 0 Å². The van der Waals surface area contributed by atoms with Gasteiger partial charge < -0.3 is 9.47 Å². The summed E-state index contributed by atoms with van der Waals surface area (Å²) in [6.45, 7) is 3.95. The van der Waals surface area contributed by atoms with Gasteiger partial charge in [-0.05, 0) is 30.5 Å². The normalized spacial score (nSPS) is 11.7. The lowest BCUT2D eigenvalue weighted by Crippen LogP contribution is -2.15. The van der Waals surface area contributed by atoms with E-state index in [9.17, 15) is 4.79 Å². The lowest BCUT2D eigenvalue weighted by Gasteiger charge is -2.17. The molecule has 1 atom stereocenters. The van der Waals surface area contributed by atoms with Gasteiger partial charge in [-0.2, -0.15) is 0 Å². The average Bonchev–Trinajstić information content (AvgIpc) is 2.50. The summed E-state index contributed by atoms with van der Waals surface area (Å²) in [5.41, 5.74) is 1.89. The summed E-state index contributed by atoms with van der Waals surface area (Å²) in [5, 5.41) is 0. The molecule has 0 aromatic heterocycles. The third-order valence-electron chi connectivity index (χ3n) is 3.25. The molecule has 0 amide bonds. The van der Waals surface area contributed by atoms with E-state index in [0.29, 0.717) is 5.75 Å². The number of benzene rings is 2. The van der Waals surface area contributed by atoms with E-state index in [-0.39, 0.29) is 6.10 Å². The van der Waals surface area contributed by atoms with Crippen molar-refractivity contribution >= 4 is 6.16 Å². The van der Waals surface area contributed by atoms with Crippen LogP contribution in [-0.2, 0) is 4.74 Å². The number of aryl methyl sites for hydroxylation is 1. The third kappa shape index (κ3) is 4.35. The molecule has 0 bridgehead atoms. The molecule has 110 valence electrons. The quantitative estimate of drug-likeness (QED) is 0.569. The Morgan fingerprint density at radius 2 is 1.71 bits per heavy atom. The van der Waals surface area contributed by atoms with Crippen LogP contribution in [0.1, 0.15) is 37.0 Å². The maximum absolute atomic E-state index is 12.0. The first-order valence-electron chi connectivity index (χ1n) is 7.19. The molecule has 0 aliphatic rings. The highest BCUT2D eigenvalue weighted by atomic mass is 16.7. The molecule has 0 saturated heterocycles. The van der Waals surface area contributed by atoms with E-state index in [4.69, 9.17) is 9.47 Å². The highest BCUT2D eigenvalue weighted by Crippen LogP contribution is 2.24. The third-order valence-corrected chi connectivity index (χ3v) is 3.25. The topological polar surface area (TPSA) is 35.5 Å². The molecular formula is C18H20O3. The lowest BCUT2D eigenvalue weighted by atomic mass is 10.1. The monoisotopic (exact) mass is 284 g/mol. The fourth-order valence-corrected chi connectivity index (χ4v) is 2.12. The van der Waals surface area contributed by atoms with Crippen molar-refractivity contribution in [2.75, 3.05) is 0 Å². The first-order valence-corrected chi connectivity index (χ1v) is 7.19. The van der Waals surface area contributed by atoms with Gasteiger partial charge in [-0.25, -0.2) is 4.79 Å². The van der Waals surface area contributed by atoms with Crippen LogP contribution in [0.5, 0.6) is 5.75 Å². The molecule has 0 radical (unpaired) electrons. The van der Waals surface area contributed by atoms with Gasteiger partial charge in [0, 0.05) is 0 Å². The minimum absolute atomic E-state index is 0.271. The highest BCUT2D eigenvalue weighted by molar-refractivity contribution is 5.64. The second-order valence-electron chi connectivity index (χ2n) is 4.92. The van der Waals surface area contributed by atoms with Crippen molar-refractivity contribution in [3.63, 3.8) is 0 Å². The van der Waals surface area contributed by atoms with Gasteiger partial charge in [-0.15, -0.1) is 0 Å². The van der Waals surface area contributed by atoms with Crippen LogP contribution in [-0.4, -0.2) is 6.16 Å². The smallest absolute Gasteiger partial charge is 0.426 e. The minimum atomic E-state index is -0.661. The fraction of sp³-hybridized carbons (Fsp3) is 0.278. The van der Waals surface area contributed by atoms with Crippen molar-refractivity contribution in [3.05, 3.63) is 65.7 Å². The number of rotatable bonds is 5. The Kier molecular flexibility index (Phi) is 5.38. The first-order chi connectivity index (χ1) is 10.2. The summed E-state index contributed by atoms with van der Waals surface area (Å²) < 4.78 is 10.8. The van der Waals surface area contributed by atoms with Gasteiger partial charge in [0.05, 0.1) is 0 Å². The first kappa shape index (κ1) is 15.1. The summed E-state index contributed by atoms with van der Waals surface area (Å²) >= 11 is 0. The second-order valence-corrected chi connectivity index (χ2v) is 4.92. The van der Waals surface area contributed by atoms with Crippen LogP contribution < -0.4 is 4.74 Å². The van der Waals surface area contributed by atoms with Crippen molar-refractivity contribution in [2.45, 2.75) is 32.8 Å². The largest absolute Gasteiger partial charge is 0.514 e. The maximum Gasteiger partial charge on any atom is 0.514 e. The predicted octanol–water partition coefficient (Wildman–Crippen LogP) is 5.05. The minimum Gasteiger partial charge on any atom is -0.426 e. The van der Waals surface area contributed by atoms with Crippen LogP contribution in [0.25, 0.3) is 0 Å². The summed E-state index contributed by atoms with van der Waals surface area (Å²) in [5.74, 6) is 0.533. The van der Waals surface area contributed by atoms with Gasteiger partial charge in [0.15, 0.2) is 0 Å². The summed E-state index contributed by atoms with van der Waals surface area (Å²) in [6.07, 6.45) is 0.767. The van der Waals surface area contributed by atoms with E-state index in [1.807, 2.05) is 55.5 Å². The standard InChI is InChI=1S/C18H20O3/c1-3-9-17(15-11-5-4-6-12-15)21-18(19)20-16-13-8-7-10-14(16)2/h4-8,10-13,17H,3,9H2,1-2H3. The zero-order chi connectivity index (χ0) is 15.1. The van der Waals surface area contributed by atoms with Gasteiger partial charge in [-0.3, -0.25) is 0 Å². The molecule has 0 saturated carbocycles. The molecule has 1 unspecified atom stereocenters. The Morgan fingerprint density at radius 3 is 2.38 bits per heavy atom. The van der Waals surface area contributed by atoms with Gasteiger partial charge in [0.1, 0.15) is 11.9 Å². The molecule has 0 heterocycles. The Bertz CT molecular complexity index is 578. The highest BCUT2D eigenvalue weighted by Gasteiger charge is 2.17. The zero-order valence-corrected chi connectivity index (χ0v) is 12.4. The van der Waals surface area contributed by atoms with Crippen LogP contribution in [0.4, 0.5) is 4.79 Å². The molecule has 3 heteroatoms. The van der Waals surface area contributed by atoms with Crippen molar-refractivity contribution < 1.29 is 14.3 Å². The predicted molar refractivity (Wildman–Crippen MR) is 82.4 cm³/mol. The number of hydrogen-bond acceptors (Lipinski definition) is 3. The fourth-order valence-electron chi connectivity index (χ4n) is 2.12. The molecule has 2 aromatic rings. The molecule has 21 heavy (non-hydrogen) atoms. The molecule has 0 aliphatic heterocycles. The molecule has 0 fully saturated rings. The van der Waals surface area contributed by atoms with Crippen molar-refractivity contribution in [1.29, 1.82) is 0 Å². The van der Waals surface area contributed by atoms with E-state index < -0.39 is 6.16 Å². The number of ether oxygens (including phenoxy) is 2. The lowest BCUT2D eigenvalue weighted by molar-refractivity contribution is 0.0535. The van der Waals surface area contributed by atoms with Crippen molar-refractivity contribution in [1.82, 2.24) is 0 Å². The van der Waals surface area contributed by atoms with Crippen molar-refractivity contribution in [2.24, 2.45) is 0 Å². The second kappa shape index (κ2) is 7.48. The van der Waals surface area contributed by atoms with Gasteiger partial charge >= 0.3 is 6.16 Å². The number of hydrogen-bond donors (Lipinski definition) is 0. The summed E-state index contributed by atoms with van der Waals surface area (Å²) in [7, 11) is 0. The maximum atomic E-state index is 12.0. The van der Waals surface area contributed by atoms with E-state index in [1.54, 1.807) is 6.07 Å². The SMILES string of the molecule is CCCC(OC(=O)Oc1ccccc1C)c1ccccc1. The Morgan fingerprint density at radius 1 is 1.05 bits per heavy atom. The molecule has 0 spiro atoms. The Balaban J connectivity index is 2.04. The molecule has 0 aliphatic carbocycles. The molecule has 2 rings (SSSR count). The van der Waals surface area contributed by atoms with Gasteiger partial charge in [-0.1, -0.05) is 61.9 Å². The van der Waals surface area contributed by atoms with Gasteiger partial charge in [0.25, 0.3) is 0 Å². The average molecular weight is 284 g/mol. The number of carbonyl (C=O) groups is 1. The van der Waals surface area contributed by atoms with Gasteiger partial charge in [0.2, 0.25) is 0 Å². The summed E-state index contributed by atoms with van der Waals surface area (Å²) in [4.78, 5) is 12.0. The van der Waals surface area contributed by atoms with Crippen LogP contribution in [0.2, 0.25) is 0 Å². The van der Waals surface area contributed by atoms with E-state index in [2.05, 4.69) is 6.92 Å². The molecule has 0 N–H and O–H groups in total. The molecule has 3 nitrogen and oxygen atoms in total. The van der Waals surface area contributed by atoms with Crippen LogP contribution in [0.3, 0.4) is 0 Å². The van der Waals surface area contributed by atoms with Crippen LogP contribution in [0, 0.1) is 6.92 Å². The summed E-state index contributed by atoms with van der Waals surface area (Å²) in [6, 6.07) is 17.1.